The standard InChI is InChI=1S/C31H39N3O5S/c1-6-19-32-31(36)25(5)33(21-26-10-8-9-24(4)20-26)30(35)22-34(27-13-15-28(16-14-27)39-7-2)40(37,38)29-17-11-23(3)12-18-29/h8-18,20,25H,6-7,19,21-22H2,1-5H3,(H,32,36)/t25-/m0/s1. The van der Waals surface area contributed by atoms with Crippen molar-refractivity contribution in [1.82, 2.24) is 10.2 Å². The van der Waals surface area contributed by atoms with Crippen molar-refractivity contribution in [2.24, 2.45) is 0 Å². The highest BCUT2D eigenvalue weighted by Gasteiger charge is 2.32. The molecule has 40 heavy (non-hydrogen) atoms. The number of sulfonamides is 1. The van der Waals surface area contributed by atoms with Gasteiger partial charge in [0.05, 0.1) is 17.2 Å². The highest BCUT2D eigenvalue weighted by atomic mass is 32.2. The van der Waals surface area contributed by atoms with Crippen LogP contribution in [0.5, 0.6) is 5.75 Å². The van der Waals surface area contributed by atoms with Crippen LogP contribution in [-0.2, 0) is 26.2 Å². The van der Waals surface area contributed by atoms with Crippen molar-refractivity contribution in [3.05, 3.63) is 89.5 Å². The molecule has 2 amide bonds. The zero-order valence-electron chi connectivity index (χ0n) is 23.9. The Balaban J connectivity index is 2.02. The van der Waals surface area contributed by atoms with Gasteiger partial charge in [0.1, 0.15) is 18.3 Å². The van der Waals surface area contributed by atoms with Gasteiger partial charge in [0.25, 0.3) is 10.0 Å². The quantitative estimate of drug-likeness (QED) is 0.320. The minimum atomic E-state index is -4.12. The second-order valence-corrected chi connectivity index (χ2v) is 11.6. The van der Waals surface area contributed by atoms with E-state index in [1.54, 1.807) is 43.3 Å². The predicted octanol–water partition coefficient (Wildman–Crippen LogP) is 4.84. The predicted molar refractivity (Wildman–Crippen MR) is 158 cm³/mol. The van der Waals surface area contributed by atoms with Crippen molar-refractivity contribution in [1.29, 1.82) is 0 Å². The number of hydrogen-bond donors (Lipinski definition) is 1. The number of nitrogens with zero attached hydrogens (tertiary/aromatic N) is 2. The van der Waals surface area contributed by atoms with Gasteiger partial charge in [0, 0.05) is 13.1 Å². The first-order chi connectivity index (χ1) is 19.1. The van der Waals surface area contributed by atoms with Crippen molar-refractivity contribution >= 4 is 27.5 Å². The molecule has 0 radical (unpaired) electrons. The Morgan fingerprint density at radius 2 is 1.60 bits per heavy atom. The second kappa shape index (κ2) is 14.0. The molecule has 8 nitrogen and oxygen atoms in total. The molecule has 0 aliphatic carbocycles. The van der Waals surface area contributed by atoms with Crippen molar-refractivity contribution in [2.75, 3.05) is 24.0 Å². The third-order valence-corrected chi connectivity index (χ3v) is 8.26. The molecule has 3 aromatic rings. The molecular formula is C31H39N3O5S. The highest BCUT2D eigenvalue weighted by molar-refractivity contribution is 7.92. The van der Waals surface area contributed by atoms with Gasteiger partial charge in [-0.1, -0.05) is 54.4 Å². The van der Waals surface area contributed by atoms with Crippen LogP contribution < -0.4 is 14.4 Å². The molecule has 0 saturated carbocycles. The lowest BCUT2D eigenvalue weighted by molar-refractivity contribution is -0.139. The molecule has 0 unspecified atom stereocenters. The lowest BCUT2D eigenvalue weighted by atomic mass is 10.1. The van der Waals surface area contributed by atoms with Crippen LogP contribution in [0.15, 0.2) is 77.7 Å². The summed E-state index contributed by atoms with van der Waals surface area (Å²) in [5, 5.41) is 2.85. The van der Waals surface area contributed by atoms with E-state index < -0.39 is 28.5 Å². The molecule has 0 heterocycles. The van der Waals surface area contributed by atoms with Crippen LogP contribution in [-0.4, -0.2) is 50.9 Å². The molecule has 0 bridgehead atoms. The van der Waals surface area contributed by atoms with Crippen LogP contribution in [0.1, 0.15) is 43.9 Å². The fourth-order valence-corrected chi connectivity index (χ4v) is 5.64. The maximum absolute atomic E-state index is 14.0. The third kappa shape index (κ3) is 7.85. The van der Waals surface area contributed by atoms with Crippen molar-refractivity contribution in [3.63, 3.8) is 0 Å². The maximum atomic E-state index is 14.0. The maximum Gasteiger partial charge on any atom is 0.264 e. The molecule has 1 atom stereocenters. The van der Waals surface area contributed by atoms with E-state index in [0.717, 1.165) is 27.4 Å². The molecule has 3 rings (SSSR count). The Hall–Kier alpha value is -3.85. The van der Waals surface area contributed by atoms with Gasteiger partial charge < -0.3 is 15.0 Å². The van der Waals surface area contributed by atoms with Crippen molar-refractivity contribution in [3.8, 4) is 5.75 Å². The zero-order valence-corrected chi connectivity index (χ0v) is 24.7. The van der Waals surface area contributed by atoms with Gasteiger partial charge in [-0.15, -0.1) is 0 Å². The third-order valence-electron chi connectivity index (χ3n) is 6.48. The molecule has 0 fully saturated rings. The van der Waals surface area contributed by atoms with Gasteiger partial charge in [-0.05, 0) is 76.1 Å². The summed E-state index contributed by atoms with van der Waals surface area (Å²) in [6.07, 6.45) is 0.755. The fraction of sp³-hybridized carbons (Fsp3) is 0.355. The molecule has 0 aromatic heterocycles. The number of hydrogen-bond acceptors (Lipinski definition) is 5. The monoisotopic (exact) mass is 565 g/mol. The Bertz CT molecular complexity index is 1390. The number of ether oxygens (including phenoxy) is 1. The number of aryl methyl sites for hydroxylation is 2. The topological polar surface area (TPSA) is 96.0 Å². The van der Waals surface area contributed by atoms with Crippen LogP contribution in [0.3, 0.4) is 0 Å². The number of rotatable bonds is 13. The Labute approximate surface area is 238 Å². The smallest absolute Gasteiger partial charge is 0.264 e. The molecule has 0 aliphatic rings. The first kappa shape index (κ1) is 30.7. The average molecular weight is 566 g/mol. The van der Waals surface area contributed by atoms with Gasteiger partial charge in [-0.25, -0.2) is 8.42 Å². The van der Waals surface area contributed by atoms with Crippen LogP contribution in [0.25, 0.3) is 0 Å². The Kier molecular flexibility index (Phi) is 10.7. The number of carbonyl (C=O) groups is 2. The SMILES string of the molecule is CCCNC(=O)[C@H](C)N(Cc1cccc(C)c1)C(=O)CN(c1ccc(OCC)cc1)S(=O)(=O)c1ccc(C)cc1. The normalized spacial score (nSPS) is 11.9. The van der Waals surface area contributed by atoms with E-state index in [1.165, 1.54) is 17.0 Å². The molecule has 0 saturated heterocycles. The van der Waals surface area contributed by atoms with Crippen LogP contribution in [0.4, 0.5) is 5.69 Å². The fourth-order valence-electron chi connectivity index (χ4n) is 4.23. The summed E-state index contributed by atoms with van der Waals surface area (Å²) in [5.41, 5.74) is 3.10. The molecule has 1 N–H and O–H groups in total. The van der Waals surface area contributed by atoms with E-state index in [1.807, 2.05) is 52.0 Å². The first-order valence-electron chi connectivity index (χ1n) is 13.5. The van der Waals surface area contributed by atoms with Gasteiger partial charge >= 0.3 is 0 Å². The van der Waals surface area contributed by atoms with Crippen LogP contribution >= 0.6 is 0 Å². The summed E-state index contributed by atoms with van der Waals surface area (Å²) >= 11 is 0. The van der Waals surface area contributed by atoms with Crippen LogP contribution in [0, 0.1) is 13.8 Å². The average Bonchev–Trinajstić information content (AvgIpc) is 2.93. The van der Waals surface area contributed by atoms with Gasteiger partial charge in [-0.3, -0.25) is 13.9 Å². The lowest BCUT2D eigenvalue weighted by Crippen LogP contribution is -2.51. The van der Waals surface area contributed by atoms with Crippen molar-refractivity contribution in [2.45, 2.75) is 58.5 Å². The lowest BCUT2D eigenvalue weighted by Gasteiger charge is -2.32. The zero-order chi connectivity index (χ0) is 29.3. The summed E-state index contributed by atoms with van der Waals surface area (Å²) in [6.45, 7) is 9.92. The van der Waals surface area contributed by atoms with E-state index in [0.29, 0.717) is 24.6 Å². The van der Waals surface area contributed by atoms with Gasteiger partial charge in [-0.2, -0.15) is 0 Å². The van der Waals surface area contributed by atoms with E-state index in [4.69, 9.17) is 4.74 Å². The molecular weight excluding hydrogens is 526 g/mol. The van der Waals surface area contributed by atoms with E-state index in [-0.39, 0.29) is 17.3 Å². The number of amides is 2. The van der Waals surface area contributed by atoms with Crippen molar-refractivity contribution < 1.29 is 22.7 Å². The second-order valence-electron chi connectivity index (χ2n) is 9.73. The number of nitrogens with one attached hydrogen (secondary N) is 1. The molecule has 0 spiro atoms. The van der Waals surface area contributed by atoms with E-state index in [9.17, 15) is 18.0 Å². The molecule has 3 aromatic carbocycles. The summed E-state index contributed by atoms with van der Waals surface area (Å²) in [6, 6.07) is 19.9. The number of benzene rings is 3. The van der Waals surface area contributed by atoms with Gasteiger partial charge in [0.15, 0.2) is 0 Å². The largest absolute Gasteiger partial charge is 0.494 e. The summed E-state index contributed by atoms with van der Waals surface area (Å²) in [7, 11) is -4.12. The Morgan fingerprint density at radius 1 is 0.925 bits per heavy atom. The highest BCUT2D eigenvalue weighted by Crippen LogP contribution is 2.27. The number of carbonyl (C=O) groups excluding carboxylic acids is 2. The first-order valence-corrected chi connectivity index (χ1v) is 15.0. The molecule has 9 heteroatoms. The van der Waals surface area contributed by atoms with Gasteiger partial charge in [0.2, 0.25) is 11.8 Å². The minimum absolute atomic E-state index is 0.0683. The molecule has 214 valence electrons. The Morgan fingerprint density at radius 3 is 2.20 bits per heavy atom. The number of anilines is 1. The summed E-state index contributed by atoms with van der Waals surface area (Å²) < 4.78 is 34.4. The van der Waals surface area contributed by atoms with E-state index in [2.05, 4.69) is 5.32 Å². The summed E-state index contributed by atoms with van der Waals surface area (Å²) in [5.74, 6) is -0.199. The minimum Gasteiger partial charge on any atom is -0.494 e. The molecule has 0 aliphatic heterocycles. The van der Waals surface area contributed by atoms with Crippen LogP contribution in [0.2, 0.25) is 0 Å². The summed E-state index contributed by atoms with van der Waals surface area (Å²) in [4.78, 5) is 28.4. The van der Waals surface area contributed by atoms with E-state index >= 15 is 0 Å².